The third-order valence-corrected chi connectivity index (χ3v) is 4.73. The van der Waals surface area contributed by atoms with Gasteiger partial charge in [0, 0.05) is 38.6 Å². The van der Waals surface area contributed by atoms with Crippen molar-refractivity contribution in [2.24, 2.45) is 7.05 Å². The molecule has 0 radical (unpaired) electrons. The molecule has 2 atom stereocenters. The molecule has 1 aliphatic rings. The number of ether oxygens (including phenoxy) is 1. The predicted octanol–water partition coefficient (Wildman–Crippen LogP) is 0.0783. The monoisotopic (exact) mass is 359 g/mol. The van der Waals surface area contributed by atoms with Gasteiger partial charge in [-0.25, -0.2) is 0 Å². The molecule has 0 bridgehead atoms. The van der Waals surface area contributed by atoms with Crippen molar-refractivity contribution in [3.8, 4) is 0 Å². The number of rotatable bonds is 5. The molecular formula is C18H25N5O3. The first-order valence-electron chi connectivity index (χ1n) is 8.69. The zero-order chi connectivity index (χ0) is 18.7. The van der Waals surface area contributed by atoms with E-state index in [0.717, 1.165) is 17.8 Å². The van der Waals surface area contributed by atoms with Crippen LogP contribution in [0, 0.1) is 6.92 Å². The van der Waals surface area contributed by atoms with Gasteiger partial charge in [-0.15, -0.1) is 0 Å². The highest BCUT2D eigenvalue weighted by atomic mass is 16.5. The van der Waals surface area contributed by atoms with Crippen LogP contribution in [0.15, 0.2) is 35.4 Å². The van der Waals surface area contributed by atoms with Gasteiger partial charge in [0.15, 0.2) is 0 Å². The Labute approximate surface area is 152 Å². The fourth-order valence-corrected chi connectivity index (χ4v) is 3.29. The Morgan fingerprint density at radius 1 is 1.38 bits per heavy atom. The highest BCUT2D eigenvalue weighted by Crippen LogP contribution is 2.27. The molecule has 0 aromatic carbocycles. The molecule has 0 spiro atoms. The fraction of sp³-hybridized carbons (Fsp3) is 0.500. The number of aromatic nitrogens is 3. The third kappa shape index (κ3) is 4.03. The normalized spacial score (nSPS) is 20.9. The van der Waals surface area contributed by atoms with Crippen LogP contribution in [0.1, 0.15) is 17.3 Å². The van der Waals surface area contributed by atoms with Gasteiger partial charge in [-0.05, 0) is 31.7 Å². The number of likely N-dealkylation sites (N-methyl/N-ethyl adjacent to an activating group) is 1. The minimum absolute atomic E-state index is 0.00193. The van der Waals surface area contributed by atoms with Gasteiger partial charge in [0.2, 0.25) is 5.91 Å². The summed E-state index contributed by atoms with van der Waals surface area (Å²) >= 11 is 0. The van der Waals surface area contributed by atoms with Gasteiger partial charge < -0.3 is 14.6 Å². The lowest BCUT2D eigenvalue weighted by Crippen LogP contribution is -2.49. The van der Waals surface area contributed by atoms with Crippen molar-refractivity contribution < 1.29 is 9.53 Å². The molecule has 3 heterocycles. The second-order valence-electron chi connectivity index (χ2n) is 6.69. The fourth-order valence-electron chi connectivity index (χ4n) is 3.29. The number of morpholine rings is 1. The lowest BCUT2D eigenvalue weighted by atomic mass is 10.0. The van der Waals surface area contributed by atoms with E-state index in [1.807, 2.05) is 37.8 Å². The van der Waals surface area contributed by atoms with E-state index in [-0.39, 0.29) is 30.2 Å². The van der Waals surface area contributed by atoms with Crippen LogP contribution in [0.3, 0.4) is 0 Å². The van der Waals surface area contributed by atoms with Crippen molar-refractivity contribution in [2.45, 2.75) is 25.6 Å². The summed E-state index contributed by atoms with van der Waals surface area (Å²) in [5, 5.41) is 7.13. The average Bonchev–Trinajstić information content (AvgIpc) is 3.01. The molecule has 1 amide bonds. The molecule has 1 N–H and O–H groups in total. The SMILES string of the molecule is Cc1ccn(CC(=O)NC[C@@H]2OCCN(C)[C@H]2c2ccnn2C)c(=O)c1. The zero-order valence-electron chi connectivity index (χ0n) is 15.4. The molecule has 0 saturated carbocycles. The number of aryl methyl sites for hydroxylation is 2. The minimum atomic E-state index is -0.212. The van der Waals surface area contributed by atoms with Gasteiger partial charge in [0.05, 0.1) is 24.4 Å². The van der Waals surface area contributed by atoms with Crippen LogP contribution >= 0.6 is 0 Å². The predicted molar refractivity (Wildman–Crippen MR) is 96.8 cm³/mol. The Morgan fingerprint density at radius 2 is 2.19 bits per heavy atom. The quantitative estimate of drug-likeness (QED) is 0.818. The third-order valence-electron chi connectivity index (χ3n) is 4.73. The molecule has 3 rings (SSSR count). The van der Waals surface area contributed by atoms with E-state index >= 15 is 0 Å². The molecule has 1 saturated heterocycles. The molecule has 0 unspecified atom stereocenters. The van der Waals surface area contributed by atoms with Gasteiger partial charge in [0.25, 0.3) is 5.56 Å². The first-order valence-corrected chi connectivity index (χ1v) is 8.69. The number of hydrogen-bond donors (Lipinski definition) is 1. The molecule has 8 nitrogen and oxygen atoms in total. The zero-order valence-corrected chi connectivity index (χ0v) is 15.4. The van der Waals surface area contributed by atoms with E-state index in [0.29, 0.717) is 13.2 Å². The Bertz CT molecular complexity index is 828. The summed E-state index contributed by atoms with van der Waals surface area (Å²) in [6.45, 7) is 3.65. The van der Waals surface area contributed by atoms with E-state index in [1.54, 1.807) is 12.4 Å². The lowest BCUT2D eigenvalue weighted by molar-refractivity contribution is -0.123. The van der Waals surface area contributed by atoms with Gasteiger partial charge >= 0.3 is 0 Å². The van der Waals surface area contributed by atoms with Crippen LogP contribution in [-0.2, 0) is 23.1 Å². The molecule has 1 aliphatic heterocycles. The molecule has 140 valence electrons. The molecule has 1 fully saturated rings. The molecule has 2 aromatic rings. The average molecular weight is 359 g/mol. The highest BCUT2D eigenvalue weighted by molar-refractivity contribution is 5.75. The summed E-state index contributed by atoms with van der Waals surface area (Å²) in [7, 11) is 3.94. The summed E-state index contributed by atoms with van der Waals surface area (Å²) in [6.07, 6.45) is 3.22. The number of carbonyl (C=O) groups is 1. The topological polar surface area (TPSA) is 81.4 Å². The summed E-state index contributed by atoms with van der Waals surface area (Å²) in [5.74, 6) is -0.212. The highest BCUT2D eigenvalue weighted by Gasteiger charge is 2.33. The van der Waals surface area contributed by atoms with E-state index in [4.69, 9.17) is 4.74 Å². The van der Waals surface area contributed by atoms with Crippen LogP contribution in [0.25, 0.3) is 0 Å². The van der Waals surface area contributed by atoms with Gasteiger partial charge in [-0.3, -0.25) is 19.2 Å². The van der Waals surface area contributed by atoms with E-state index < -0.39 is 0 Å². The smallest absolute Gasteiger partial charge is 0.251 e. The van der Waals surface area contributed by atoms with E-state index in [9.17, 15) is 9.59 Å². The second kappa shape index (κ2) is 7.84. The lowest BCUT2D eigenvalue weighted by Gasteiger charge is -2.39. The number of nitrogens with one attached hydrogen (secondary N) is 1. The first kappa shape index (κ1) is 18.3. The maximum atomic E-state index is 12.3. The van der Waals surface area contributed by atoms with Crippen LogP contribution in [0.5, 0.6) is 0 Å². The number of carbonyl (C=O) groups excluding carboxylic acids is 1. The van der Waals surface area contributed by atoms with Gasteiger partial charge in [-0.2, -0.15) is 5.10 Å². The van der Waals surface area contributed by atoms with E-state index in [2.05, 4.69) is 15.3 Å². The number of amides is 1. The van der Waals surface area contributed by atoms with Crippen LogP contribution in [0.4, 0.5) is 0 Å². The number of nitrogens with zero attached hydrogens (tertiary/aromatic N) is 4. The number of pyridine rings is 1. The van der Waals surface area contributed by atoms with Crippen molar-refractivity contribution in [3.63, 3.8) is 0 Å². The largest absolute Gasteiger partial charge is 0.373 e. The Kier molecular flexibility index (Phi) is 5.53. The van der Waals surface area contributed by atoms with Crippen molar-refractivity contribution in [2.75, 3.05) is 26.7 Å². The Balaban J connectivity index is 1.64. The van der Waals surface area contributed by atoms with Crippen molar-refractivity contribution in [1.29, 1.82) is 0 Å². The maximum Gasteiger partial charge on any atom is 0.251 e. The van der Waals surface area contributed by atoms with Gasteiger partial charge in [0.1, 0.15) is 6.54 Å². The number of hydrogen-bond acceptors (Lipinski definition) is 5. The summed E-state index contributed by atoms with van der Waals surface area (Å²) in [4.78, 5) is 26.4. The van der Waals surface area contributed by atoms with Crippen molar-refractivity contribution in [1.82, 2.24) is 24.6 Å². The van der Waals surface area contributed by atoms with Crippen LogP contribution in [-0.4, -0.2) is 58.0 Å². The minimum Gasteiger partial charge on any atom is -0.373 e. The molecule has 8 heteroatoms. The molecule has 26 heavy (non-hydrogen) atoms. The standard InChI is InChI=1S/C18H25N5O3/c1-13-5-7-23(17(25)10-13)12-16(24)19-11-15-18(21(2)8-9-26-15)14-4-6-20-22(14)3/h4-7,10,15,18H,8-9,11-12H2,1-3H3,(H,19,24)/t15-,18-/m0/s1. The van der Waals surface area contributed by atoms with Crippen LogP contribution in [0.2, 0.25) is 0 Å². The van der Waals surface area contributed by atoms with E-state index in [1.165, 1.54) is 10.6 Å². The van der Waals surface area contributed by atoms with Crippen molar-refractivity contribution >= 4 is 5.91 Å². The van der Waals surface area contributed by atoms with Crippen molar-refractivity contribution in [3.05, 3.63) is 52.2 Å². The second-order valence-corrected chi connectivity index (χ2v) is 6.69. The maximum absolute atomic E-state index is 12.3. The molecule has 2 aromatic heterocycles. The molecule has 0 aliphatic carbocycles. The summed E-state index contributed by atoms with van der Waals surface area (Å²) in [6, 6.07) is 5.31. The van der Waals surface area contributed by atoms with Crippen LogP contribution < -0.4 is 10.9 Å². The molecular weight excluding hydrogens is 334 g/mol. The summed E-state index contributed by atoms with van der Waals surface area (Å²) in [5.41, 5.74) is 1.74. The first-order chi connectivity index (χ1) is 12.5. The Hall–Kier alpha value is -2.45. The Morgan fingerprint density at radius 3 is 2.88 bits per heavy atom. The summed E-state index contributed by atoms with van der Waals surface area (Å²) < 4.78 is 9.14. The van der Waals surface area contributed by atoms with Gasteiger partial charge in [-0.1, -0.05) is 0 Å².